The number of hydrogen-bond donors (Lipinski definition) is 2. The highest BCUT2D eigenvalue weighted by Crippen LogP contribution is 2.17. The number of aromatic nitrogens is 3. The monoisotopic (exact) mass is 253 g/mol. The summed E-state index contributed by atoms with van der Waals surface area (Å²) in [5.41, 5.74) is 0. The molecule has 2 rings (SSSR count). The second kappa shape index (κ2) is 5.95. The van der Waals surface area contributed by atoms with E-state index in [1.807, 2.05) is 11.6 Å². The number of rotatable bonds is 4. The Bertz CT molecular complexity index is 370. The predicted molar refractivity (Wildman–Crippen MR) is 70.7 cm³/mol. The van der Waals surface area contributed by atoms with Crippen molar-refractivity contribution < 1.29 is 0 Å². The van der Waals surface area contributed by atoms with Gasteiger partial charge < -0.3 is 15.2 Å². The standard InChI is InChI=1S/C11H19N5S/c1-16-8-13-15-10(16)6-7-12-11(17)14-9-4-2-3-5-9/h8-9H,2-7H2,1H3,(H2,12,14,17). The maximum Gasteiger partial charge on any atom is 0.166 e. The average Bonchev–Trinajstić information content (AvgIpc) is 2.91. The second-order valence-corrected chi connectivity index (χ2v) is 4.90. The molecule has 0 radical (unpaired) electrons. The van der Waals surface area contributed by atoms with Gasteiger partial charge in [-0.3, -0.25) is 0 Å². The molecule has 1 aromatic rings. The molecular formula is C11H19N5S. The lowest BCUT2D eigenvalue weighted by Gasteiger charge is -2.15. The van der Waals surface area contributed by atoms with Crippen molar-refractivity contribution in [3.8, 4) is 0 Å². The summed E-state index contributed by atoms with van der Waals surface area (Å²) in [5.74, 6) is 0.973. The molecule has 0 aliphatic heterocycles. The van der Waals surface area contributed by atoms with Gasteiger partial charge in [0.25, 0.3) is 0 Å². The predicted octanol–water partition coefficient (Wildman–Crippen LogP) is 0.764. The quantitative estimate of drug-likeness (QED) is 0.776. The zero-order valence-electron chi connectivity index (χ0n) is 10.1. The van der Waals surface area contributed by atoms with E-state index in [1.54, 1.807) is 6.33 Å². The molecule has 0 saturated heterocycles. The topological polar surface area (TPSA) is 54.8 Å². The average molecular weight is 253 g/mol. The molecule has 1 aliphatic carbocycles. The minimum absolute atomic E-state index is 0.574. The van der Waals surface area contributed by atoms with Crippen LogP contribution in [-0.4, -0.2) is 32.5 Å². The molecule has 1 saturated carbocycles. The Morgan fingerprint density at radius 1 is 1.53 bits per heavy atom. The third-order valence-corrected chi connectivity index (χ3v) is 3.39. The Kier molecular flexibility index (Phi) is 4.30. The zero-order chi connectivity index (χ0) is 12.1. The number of aryl methyl sites for hydroxylation is 1. The molecule has 0 amide bonds. The van der Waals surface area contributed by atoms with Crippen molar-refractivity contribution >= 4 is 17.3 Å². The van der Waals surface area contributed by atoms with E-state index in [-0.39, 0.29) is 0 Å². The summed E-state index contributed by atoms with van der Waals surface area (Å²) in [5, 5.41) is 15.2. The first-order valence-corrected chi connectivity index (χ1v) is 6.54. The van der Waals surface area contributed by atoms with E-state index in [1.165, 1.54) is 25.7 Å². The molecule has 0 bridgehead atoms. The van der Waals surface area contributed by atoms with Crippen molar-refractivity contribution in [1.82, 2.24) is 25.4 Å². The molecule has 0 aromatic carbocycles. The Balaban J connectivity index is 1.64. The van der Waals surface area contributed by atoms with Crippen LogP contribution in [-0.2, 0) is 13.5 Å². The molecule has 0 spiro atoms. The van der Waals surface area contributed by atoms with Crippen LogP contribution in [0.15, 0.2) is 6.33 Å². The molecule has 1 aromatic heterocycles. The second-order valence-electron chi connectivity index (χ2n) is 4.49. The first kappa shape index (κ1) is 12.3. The van der Waals surface area contributed by atoms with Crippen LogP contribution in [0.4, 0.5) is 0 Å². The van der Waals surface area contributed by atoms with E-state index in [0.29, 0.717) is 6.04 Å². The smallest absolute Gasteiger partial charge is 0.166 e. The highest BCUT2D eigenvalue weighted by atomic mass is 32.1. The lowest BCUT2D eigenvalue weighted by atomic mass is 10.3. The lowest BCUT2D eigenvalue weighted by molar-refractivity contribution is 0.619. The van der Waals surface area contributed by atoms with Gasteiger partial charge in [0.05, 0.1) is 0 Å². The number of thiocarbonyl (C=S) groups is 1. The molecule has 1 heterocycles. The van der Waals surface area contributed by atoms with Gasteiger partial charge in [-0.1, -0.05) is 12.8 Å². The van der Waals surface area contributed by atoms with Crippen molar-refractivity contribution in [2.45, 2.75) is 38.1 Å². The summed E-state index contributed by atoms with van der Waals surface area (Å²) >= 11 is 5.25. The van der Waals surface area contributed by atoms with Gasteiger partial charge in [-0.2, -0.15) is 0 Å². The van der Waals surface area contributed by atoms with E-state index >= 15 is 0 Å². The van der Waals surface area contributed by atoms with Gasteiger partial charge in [-0.05, 0) is 25.1 Å². The Labute approximate surface area is 107 Å². The molecule has 6 heteroatoms. The molecule has 94 valence electrons. The van der Waals surface area contributed by atoms with Crippen LogP contribution in [0.5, 0.6) is 0 Å². The van der Waals surface area contributed by atoms with Crippen LogP contribution in [0.2, 0.25) is 0 Å². The first-order chi connectivity index (χ1) is 8.25. The Hall–Kier alpha value is -1.17. The van der Waals surface area contributed by atoms with Crippen LogP contribution >= 0.6 is 12.2 Å². The summed E-state index contributed by atoms with van der Waals surface area (Å²) in [6.07, 6.45) is 7.67. The fourth-order valence-electron chi connectivity index (χ4n) is 2.13. The third kappa shape index (κ3) is 3.66. The molecule has 0 atom stereocenters. The first-order valence-electron chi connectivity index (χ1n) is 6.13. The van der Waals surface area contributed by atoms with Gasteiger partial charge >= 0.3 is 0 Å². The van der Waals surface area contributed by atoms with Crippen LogP contribution in [0.1, 0.15) is 31.5 Å². The maximum absolute atomic E-state index is 5.25. The van der Waals surface area contributed by atoms with Gasteiger partial charge in [0.2, 0.25) is 0 Å². The molecule has 1 aliphatic rings. The van der Waals surface area contributed by atoms with Crippen molar-refractivity contribution in [2.24, 2.45) is 7.05 Å². The largest absolute Gasteiger partial charge is 0.362 e. The highest BCUT2D eigenvalue weighted by molar-refractivity contribution is 7.80. The number of hydrogen-bond acceptors (Lipinski definition) is 3. The van der Waals surface area contributed by atoms with Crippen molar-refractivity contribution in [1.29, 1.82) is 0 Å². The minimum Gasteiger partial charge on any atom is -0.362 e. The van der Waals surface area contributed by atoms with Crippen molar-refractivity contribution in [2.75, 3.05) is 6.54 Å². The van der Waals surface area contributed by atoms with Crippen LogP contribution in [0, 0.1) is 0 Å². The fourth-order valence-corrected chi connectivity index (χ4v) is 2.40. The van der Waals surface area contributed by atoms with E-state index in [4.69, 9.17) is 12.2 Å². The maximum atomic E-state index is 5.25. The molecule has 1 fully saturated rings. The highest BCUT2D eigenvalue weighted by Gasteiger charge is 2.15. The molecule has 5 nitrogen and oxygen atoms in total. The summed E-state index contributed by atoms with van der Waals surface area (Å²) < 4.78 is 1.93. The minimum atomic E-state index is 0.574. The molecule has 2 N–H and O–H groups in total. The normalized spacial score (nSPS) is 16.1. The summed E-state index contributed by atoms with van der Waals surface area (Å²) in [6.45, 7) is 0.797. The zero-order valence-corrected chi connectivity index (χ0v) is 11.0. The fraction of sp³-hybridized carbons (Fsp3) is 0.727. The van der Waals surface area contributed by atoms with Crippen molar-refractivity contribution in [3.63, 3.8) is 0 Å². The Morgan fingerprint density at radius 3 is 2.94 bits per heavy atom. The molecule has 17 heavy (non-hydrogen) atoms. The lowest BCUT2D eigenvalue weighted by Crippen LogP contribution is -2.41. The van der Waals surface area contributed by atoms with Crippen LogP contribution in [0.3, 0.4) is 0 Å². The van der Waals surface area contributed by atoms with Crippen molar-refractivity contribution in [3.05, 3.63) is 12.2 Å². The Morgan fingerprint density at radius 2 is 2.29 bits per heavy atom. The van der Waals surface area contributed by atoms with Crippen LogP contribution in [0.25, 0.3) is 0 Å². The molecular weight excluding hydrogens is 234 g/mol. The van der Waals surface area contributed by atoms with E-state index in [0.717, 1.165) is 23.9 Å². The van der Waals surface area contributed by atoms with Gasteiger partial charge in [-0.25, -0.2) is 0 Å². The van der Waals surface area contributed by atoms with E-state index in [9.17, 15) is 0 Å². The third-order valence-electron chi connectivity index (χ3n) is 3.13. The number of nitrogens with zero attached hydrogens (tertiary/aromatic N) is 3. The van der Waals surface area contributed by atoms with Gasteiger partial charge in [0.15, 0.2) is 5.11 Å². The number of nitrogens with one attached hydrogen (secondary N) is 2. The SMILES string of the molecule is Cn1cnnc1CCNC(=S)NC1CCCC1. The van der Waals surface area contributed by atoms with Gasteiger partial charge in [0, 0.05) is 26.1 Å². The van der Waals surface area contributed by atoms with E-state index in [2.05, 4.69) is 20.8 Å². The van der Waals surface area contributed by atoms with Crippen LogP contribution < -0.4 is 10.6 Å². The molecule has 0 unspecified atom stereocenters. The summed E-state index contributed by atoms with van der Waals surface area (Å²) in [6, 6.07) is 0.574. The van der Waals surface area contributed by atoms with E-state index < -0.39 is 0 Å². The van der Waals surface area contributed by atoms with Gasteiger partial charge in [0.1, 0.15) is 12.2 Å². The summed E-state index contributed by atoms with van der Waals surface area (Å²) in [7, 11) is 1.95. The summed E-state index contributed by atoms with van der Waals surface area (Å²) in [4.78, 5) is 0. The van der Waals surface area contributed by atoms with Gasteiger partial charge in [-0.15, -0.1) is 10.2 Å².